The van der Waals surface area contributed by atoms with Gasteiger partial charge in [0.05, 0.1) is 12.2 Å². The van der Waals surface area contributed by atoms with Crippen molar-refractivity contribution in [2.45, 2.75) is 155 Å². The van der Waals surface area contributed by atoms with Crippen LogP contribution in [-0.2, 0) is 42.5 Å². The summed E-state index contributed by atoms with van der Waals surface area (Å²) in [6.45, 7) is 12.5. The molecule has 0 bridgehead atoms. The van der Waals surface area contributed by atoms with Gasteiger partial charge in [-0.1, -0.05) is 53.9 Å². The molecule has 0 radical (unpaired) electrons. The van der Waals surface area contributed by atoms with E-state index in [0.29, 0.717) is 25.2 Å². The van der Waals surface area contributed by atoms with E-state index in [2.05, 4.69) is 34.6 Å². The van der Waals surface area contributed by atoms with Crippen LogP contribution in [-0.4, -0.2) is 93.5 Å². The lowest BCUT2D eigenvalue weighted by Gasteiger charge is -2.62. The number of phosphoric ester groups is 1. The van der Waals surface area contributed by atoms with Crippen LogP contribution in [0.1, 0.15) is 106 Å². The van der Waals surface area contributed by atoms with Gasteiger partial charge in [0.15, 0.2) is 6.29 Å². The number of fused-ring (bicyclic) bond motifs is 5. The first-order chi connectivity index (χ1) is 23.6. The van der Waals surface area contributed by atoms with Gasteiger partial charge in [-0.25, -0.2) is 8.75 Å². The molecule has 5 unspecified atom stereocenters. The molecule has 6 N–H and O–H groups in total. The van der Waals surface area contributed by atoms with Crippen molar-refractivity contribution in [3.63, 3.8) is 0 Å². The van der Waals surface area contributed by atoms with Gasteiger partial charge < -0.3 is 34.8 Å². The van der Waals surface area contributed by atoms with Crippen LogP contribution < -0.4 is 0 Å². The van der Waals surface area contributed by atoms with Crippen LogP contribution in [0.3, 0.4) is 0 Å². The lowest BCUT2D eigenvalue weighted by Crippen LogP contribution is -2.59. The molecule has 0 amide bonds. The molecule has 0 aromatic rings. The quantitative estimate of drug-likeness (QED) is 0.0943. The molecule has 296 valence electrons. The van der Waals surface area contributed by atoms with Crippen LogP contribution in [0.4, 0.5) is 0 Å². The zero-order valence-electron chi connectivity index (χ0n) is 30.4. The van der Waals surface area contributed by atoms with Gasteiger partial charge in [0, 0.05) is 12.8 Å². The van der Waals surface area contributed by atoms with E-state index >= 15 is 0 Å². The number of aliphatic hydroxyl groups is 4. The lowest BCUT2D eigenvalue weighted by molar-refractivity contribution is -0.324. The third kappa shape index (κ3) is 8.73. The van der Waals surface area contributed by atoms with E-state index in [0.717, 1.165) is 32.1 Å². The Morgan fingerprint density at radius 1 is 0.882 bits per heavy atom. The summed E-state index contributed by atoms with van der Waals surface area (Å²) in [5.41, 5.74) is -0.715. The Kier molecular flexibility index (Phi) is 12.5. The highest BCUT2D eigenvalue weighted by Gasteiger charge is 2.66. The number of carbonyl (C=O) groups excluding carboxylic acids is 1. The van der Waals surface area contributed by atoms with Crippen molar-refractivity contribution < 1.29 is 70.4 Å². The average Bonchev–Trinajstić information content (AvgIpc) is 3.29. The summed E-state index contributed by atoms with van der Waals surface area (Å²) >= 11 is 0. The number of carbonyl (C=O) groups is 1. The monoisotopic (exact) mass is 770 g/mol. The average molecular weight is 771 g/mol. The van der Waals surface area contributed by atoms with Gasteiger partial charge in [-0.2, -0.15) is 8.42 Å². The minimum absolute atomic E-state index is 0.0322. The Hall–Kier alpha value is -0.750. The van der Waals surface area contributed by atoms with E-state index in [4.69, 9.17) is 22.7 Å². The molecule has 4 saturated carbocycles. The minimum atomic E-state index is -5.13. The molecular formula is C34H59O15PS. The molecule has 15 nitrogen and oxygen atoms in total. The summed E-state index contributed by atoms with van der Waals surface area (Å²) in [6, 6.07) is 0. The zero-order valence-corrected chi connectivity index (χ0v) is 32.2. The first kappa shape index (κ1) is 41.4. The fourth-order valence-electron chi connectivity index (χ4n) is 11.3. The van der Waals surface area contributed by atoms with Crippen molar-refractivity contribution in [2.75, 3.05) is 0 Å². The van der Waals surface area contributed by atoms with E-state index in [-0.39, 0.29) is 59.9 Å². The van der Waals surface area contributed by atoms with Crippen molar-refractivity contribution >= 4 is 24.2 Å². The number of hydrogen-bond donors (Lipinski definition) is 6. The molecule has 1 heterocycles. The Labute approximate surface area is 301 Å². The molecule has 17 heteroatoms. The highest BCUT2D eigenvalue weighted by Crippen LogP contribution is 2.70. The summed E-state index contributed by atoms with van der Waals surface area (Å²) in [5.74, 6) is 0.279. The van der Waals surface area contributed by atoms with Crippen molar-refractivity contribution in [3.05, 3.63) is 0 Å². The Morgan fingerprint density at radius 3 is 2.18 bits per heavy atom. The number of hydrogen-bond acceptors (Lipinski definition) is 13. The van der Waals surface area contributed by atoms with Crippen LogP contribution in [0.2, 0.25) is 0 Å². The maximum atomic E-state index is 13.7. The predicted octanol–water partition coefficient (Wildman–Crippen LogP) is 3.71. The van der Waals surface area contributed by atoms with Crippen LogP contribution in [0, 0.1) is 52.3 Å². The maximum Gasteiger partial charge on any atom is 0.474 e. The van der Waals surface area contributed by atoms with E-state index in [1.165, 1.54) is 6.92 Å². The fourth-order valence-corrected chi connectivity index (χ4v) is 12.8. The SMILES string of the molecule is CC(=O)O[C@H]1CC2C3C[C@H](OP(=O)(O)O[C@@H]4O[C@H](O)[C@@H](O)[C@H](O)[C@H]4O)C4C[C@@H](OS(=O)(=O)O)CC[C@]4(C)C3CC[C@]2(C)[C@H]1[C@H](C)CCCC(C)C. The molecule has 5 rings (SSSR count). The van der Waals surface area contributed by atoms with Crippen molar-refractivity contribution in [1.82, 2.24) is 0 Å². The van der Waals surface area contributed by atoms with Gasteiger partial charge in [0.1, 0.15) is 24.4 Å². The molecule has 1 aliphatic heterocycles. The van der Waals surface area contributed by atoms with E-state index < -0.39 is 72.7 Å². The van der Waals surface area contributed by atoms with E-state index in [1.807, 2.05) is 0 Å². The van der Waals surface area contributed by atoms with Gasteiger partial charge in [-0.15, -0.1) is 0 Å². The Bertz CT molecular complexity index is 1400. The summed E-state index contributed by atoms with van der Waals surface area (Å²) in [5, 5.41) is 40.3. The molecule has 0 spiro atoms. The van der Waals surface area contributed by atoms with Crippen molar-refractivity contribution in [1.29, 1.82) is 0 Å². The summed E-state index contributed by atoms with van der Waals surface area (Å²) in [7, 11) is -9.91. The molecule has 4 aliphatic carbocycles. The second-order valence-electron chi connectivity index (χ2n) is 17.0. The standard InChI is InChI=1S/C34H59O15PS/c1-17(2)8-7-9-18(3)27-26(45-19(4)35)16-23-21-15-25(47-50(40,41)48-32-30(38)28(36)29(37)31(39)46-32)24-14-20(49-51(42,43)44)10-12-33(24,5)22(21)11-13-34(23,27)6/h17-18,20-32,36-39H,7-16H2,1-6H3,(H,40,41)(H,42,43,44)/t18-,20+,21?,22?,23?,24?,25+,26+,27+,28+,29+,30-,31+,32+,33-,34+/m1/s1. The second kappa shape index (κ2) is 15.4. The minimum Gasteiger partial charge on any atom is -0.462 e. The highest BCUT2D eigenvalue weighted by atomic mass is 32.3. The number of rotatable bonds is 12. The zero-order chi connectivity index (χ0) is 37.8. The maximum absolute atomic E-state index is 13.7. The first-order valence-corrected chi connectivity index (χ1v) is 21.3. The highest BCUT2D eigenvalue weighted by molar-refractivity contribution is 7.80. The molecule has 0 aromatic heterocycles. The number of aliphatic hydroxyl groups excluding tert-OH is 4. The molecular weight excluding hydrogens is 711 g/mol. The van der Waals surface area contributed by atoms with E-state index in [9.17, 15) is 47.6 Å². The van der Waals surface area contributed by atoms with E-state index in [1.54, 1.807) is 0 Å². The smallest absolute Gasteiger partial charge is 0.462 e. The molecule has 0 aromatic carbocycles. The van der Waals surface area contributed by atoms with Crippen LogP contribution in [0.5, 0.6) is 0 Å². The van der Waals surface area contributed by atoms with Crippen LogP contribution >= 0.6 is 7.82 Å². The second-order valence-corrected chi connectivity index (χ2v) is 19.4. The largest absolute Gasteiger partial charge is 0.474 e. The number of ether oxygens (including phenoxy) is 2. The van der Waals surface area contributed by atoms with Crippen LogP contribution in [0.15, 0.2) is 0 Å². The van der Waals surface area contributed by atoms with Crippen molar-refractivity contribution in [3.8, 4) is 0 Å². The van der Waals surface area contributed by atoms with Gasteiger partial charge in [0.25, 0.3) is 0 Å². The predicted molar refractivity (Wildman–Crippen MR) is 180 cm³/mol. The summed E-state index contributed by atoms with van der Waals surface area (Å²) < 4.78 is 73.8. The molecule has 5 fully saturated rings. The third-order valence-electron chi connectivity index (χ3n) is 13.4. The van der Waals surface area contributed by atoms with Gasteiger partial charge >= 0.3 is 24.2 Å². The summed E-state index contributed by atoms with van der Waals surface area (Å²) in [4.78, 5) is 23.5. The van der Waals surface area contributed by atoms with Gasteiger partial charge in [-0.05, 0) is 91.3 Å². The third-order valence-corrected chi connectivity index (χ3v) is 14.9. The summed E-state index contributed by atoms with van der Waals surface area (Å²) in [6.07, 6.45) is -5.31. The molecule has 17 atom stereocenters. The van der Waals surface area contributed by atoms with Gasteiger partial charge in [-0.3, -0.25) is 18.4 Å². The molecule has 1 saturated heterocycles. The van der Waals surface area contributed by atoms with Crippen molar-refractivity contribution in [2.24, 2.45) is 52.3 Å². The Morgan fingerprint density at radius 2 is 1.55 bits per heavy atom. The topological polar surface area (TPSA) is 236 Å². The fraction of sp³-hybridized carbons (Fsp3) is 0.971. The lowest BCUT2D eigenvalue weighted by atomic mass is 9.43. The number of esters is 1. The van der Waals surface area contributed by atoms with Crippen LogP contribution in [0.25, 0.3) is 0 Å². The first-order valence-electron chi connectivity index (χ1n) is 18.5. The number of phosphoric acid groups is 1. The molecule has 51 heavy (non-hydrogen) atoms. The normalized spacial score (nSPS) is 46.0. The van der Waals surface area contributed by atoms with Gasteiger partial charge in [0.2, 0.25) is 6.29 Å². The Balaban J connectivity index is 1.46. The molecule has 5 aliphatic rings.